The van der Waals surface area contributed by atoms with Gasteiger partial charge in [0.05, 0.1) is 12.1 Å². The number of carbonyl (C=O) groups is 1. The van der Waals surface area contributed by atoms with E-state index in [1.165, 1.54) is 19.4 Å². The summed E-state index contributed by atoms with van der Waals surface area (Å²) in [6, 6.07) is 1.32. The Morgan fingerprint density at radius 1 is 1.57 bits per heavy atom. The van der Waals surface area contributed by atoms with Crippen molar-refractivity contribution in [1.29, 1.82) is 0 Å². The number of ether oxygens (including phenoxy) is 1. The Labute approximate surface area is 90.0 Å². The first-order valence-electron chi connectivity index (χ1n) is 3.67. The van der Waals surface area contributed by atoms with Gasteiger partial charge in [0.15, 0.2) is 0 Å². The third-order valence-electron chi connectivity index (χ3n) is 1.54. The Hall–Kier alpha value is -1.00. The summed E-state index contributed by atoms with van der Waals surface area (Å²) in [6.07, 6.45) is 1.33. The zero-order valence-electron chi connectivity index (χ0n) is 7.29. The fourth-order valence-corrected chi connectivity index (χ4v) is 1.39. The summed E-state index contributed by atoms with van der Waals surface area (Å²) in [5, 5.41) is 0.264. The minimum atomic E-state index is -0.537. The van der Waals surface area contributed by atoms with E-state index in [9.17, 15) is 9.59 Å². The molecule has 1 heterocycles. The van der Waals surface area contributed by atoms with E-state index in [-0.39, 0.29) is 11.6 Å². The highest BCUT2D eigenvalue weighted by Crippen LogP contribution is 2.10. The number of hydrogen-bond acceptors (Lipinski definition) is 3. The van der Waals surface area contributed by atoms with Crippen LogP contribution in [0.1, 0.15) is 0 Å². The molecule has 0 spiro atoms. The van der Waals surface area contributed by atoms with E-state index in [0.717, 1.165) is 4.57 Å². The second kappa shape index (κ2) is 4.48. The molecule has 0 bridgehead atoms. The van der Waals surface area contributed by atoms with Gasteiger partial charge in [-0.2, -0.15) is 0 Å². The van der Waals surface area contributed by atoms with Crippen molar-refractivity contribution in [3.63, 3.8) is 0 Å². The third kappa shape index (κ3) is 2.49. The zero-order chi connectivity index (χ0) is 10.7. The molecule has 1 aromatic rings. The molecule has 1 aromatic heterocycles. The normalized spacial score (nSPS) is 9.93. The maximum atomic E-state index is 11.3. The van der Waals surface area contributed by atoms with Gasteiger partial charge in [-0.25, -0.2) is 0 Å². The van der Waals surface area contributed by atoms with E-state index in [4.69, 9.17) is 23.2 Å². The molecule has 14 heavy (non-hydrogen) atoms. The molecule has 0 atom stereocenters. The number of halogens is 2. The monoisotopic (exact) mass is 235 g/mol. The number of hydrogen-bond donors (Lipinski definition) is 0. The van der Waals surface area contributed by atoms with Crippen molar-refractivity contribution in [1.82, 2.24) is 4.57 Å². The molecule has 0 fully saturated rings. The molecule has 0 aliphatic carbocycles. The summed E-state index contributed by atoms with van der Waals surface area (Å²) in [7, 11) is 1.24. The van der Waals surface area contributed by atoms with Crippen molar-refractivity contribution < 1.29 is 9.53 Å². The van der Waals surface area contributed by atoms with Gasteiger partial charge in [0.25, 0.3) is 5.56 Å². The van der Waals surface area contributed by atoms with Crippen molar-refractivity contribution >= 4 is 29.2 Å². The molecule has 0 N–H and O–H groups in total. The summed E-state index contributed by atoms with van der Waals surface area (Å²) in [4.78, 5) is 22.2. The van der Waals surface area contributed by atoms with Crippen LogP contribution in [0.2, 0.25) is 10.0 Å². The van der Waals surface area contributed by atoms with Crippen LogP contribution in [0.15, 0.2) is 17.1 Å². The van der Waals surface area contributed by atoms with Crippen LogP contribution in [0.3, 0.4) is 0 Å². The van der Waals surface area contributed by atoms with E-state index >= 15 is 0 Å². The van der Waals surface area contributed by atoms with Crippen molar-refractivity contribution in [3.05, 3.63) is 32.7 Å². The highest BCUT2D eigenvalue weighted by Gasteiger charge is 2.07. The molecule has 0 saturated heterocycles. The number of esters is 1. The van der Waals surface area contributed by atoms with Gasteiger partial charge < -0.3 is 9.30 Å². The summed E-state index contributed by atoms with van der Waals surface area (Å²) in [6.45, 7) is -0.199. The van der Waals surface area contributed by atoms with Gasteiger partial charge in [0, 0.05) is 6.20 Å². The predicted octanol–water partition coefficient (Wildman–Crippen LogP) is 1.33. The van der Waals surface area contributed by atoms with E-state index in [1.807, 2.05) is 0 Å². The lowest BCUT2D eigenvalue weighted by molar-refractivity contribution is -0.141. The molecule has 1 rings (SSSR count). The first-order valence-corrected chi connectivity index (χ1v) is 4.42. The number of pyridine rings is 1. The van der Waals surface area contributed by atoms with Crippen LogP contribution in [0.25, 0.3) is 0 Å². The summed E-state index contributed by atoms with van der Waals surface area (Å²) in [5.41, 5.74) is -0.471. The molecular formula is C8H7Cl2NO3. The van der Waals surface area contributed by atoms with Crippen LogP contribution < -0.4 is 5.56 Å². The standard InChI is InChI=1S/C8H7Cl2NO3/c1-14-7(12)4-11-3-5(9)2-6(10)8(11)13/h2-3H,4H2,1H3. The van der Waals surface area contributed by atoms with Gasteiger partial charge >= 0.3 is 5.97 Å². The SMILES string of the molecule is COC(=O)Cn1cc(Cl)cc(Cl)c1=O. The lowest BCUT2D eigenvalue weighted by Crippen LogP contribution is -2.24. The number of methoxy groups -OCH3 is 1. The van der Waals surface area contributed by atoms with Crippen molar-refractivity contribution in [2.45, 2.75) is 6.54 Å². The number of nitrogens with zero attached hydrogens (tertiary/aromatic N) is 1. The van der Waals surface area contributed by atoms with Crippen LogP contribution in [0.5, 0.6) is 0 Å². The first kappa shape index (κ1) is 11.1. The van der Waals surface area contributed by atoms with Crippen molar-refractivity contribution in [2.24, 2.45) is 0 Å². The molecule has 0 amide bonds. The van der Waals surface area contributed by atoms with Gasteiger partial charge in [-0.1, -0.05) is 23.2 Å². The summed E-state index contributed by atoms with van der Waals surface area (Å²) in [5.74, 6) is -0.537. The van der Waals surface area contributed by atoms with Crippen LogP contribution in [-0.4, -0.2) is 17.6 Å². The van der Waals surface area contributed by atoms with E-state index in [1.54, 1.807) is 0 Å². The Bertz CT molecular complexity index is 414. The van der Waals surface area contributed by atoms with Gasteiger partial charge in [-0.3, -0.25) is 9.59 Å². The smallest absolute Gasteiger partial charge is 0.325 e. The molecular weight excluding hydrogens is 229 g/mol. The summed E-state index contributed by atoms with van der Waals surface area (Å²) >= 11 is 11.2. The number of carbonyl (C=O) groups excluding carboxylic acids is 1. The molecule has 0 aliphatic rings. The topological polar surface area (TPSA) is 48.3 Å². The molecule has 0 aliphatic heterocycles. The largest absolute Gasteiger partial charge is 0.468 e. The lowest BCUT2D eigenvalue weighted by Gasteiger charge is -2.04. The van der Waals surface area contributed by atoms with E-state index in [0.29, 0.717) is 5.02 Å². The molecule has 0 aromatic carbocycles. The molecule has 4 nitrogen and oxygen atoms in total. The highest BCUT2D eigenvalue weighted by atomic mass is 35.5. The zero-order valence-corrected chi connectivity index (χ0v) is 8.80. The second-order valence-electron chi connectivity index (χ2n) is 2.52. The van der Waals surface area contributed by atoms with Crippen LogP contribution in [0.4, 0.5) is 0 Å². The van der Waals surface area contributed by atoms with Gasteiger partial charge in [0.1, 0.15) is 11.6 Å². The van der Waals surface area contributed by atoms with Crippen LogP contribution in [-0.2, 0) is 16.1 Å². The minimum Gasteiger partial charge on any atom is -0.468 e. The highest BCUT2D eigenvalue weighted by molar-refractivity contribution is 6.34. The molecule has 6 heteroatoms. The average molecular weight is 236 g/mol. The van der Waals surface area contributed by atoms with Crippen molar-refractivity contribution in [3.8, 4) is 0 Å². The fraction of sp³-hybridized carbons (Fsp3) is 0.250. The maximum Gasteiger partial charge on any atom is 0.325 e. The Morgan fingerprint density at radius 3 is 2.79 bits per heavy atom. The Balaban J connectivity index is 3.09. The minimum absolute atomic E-state index is 0.0265. The molecule has 0 unspecified atom stereocenters. The van der Waals surface area contributed by atoms with Gasteiger partial charge in [-0.05, 0) is 6.07 Å². The average Bonchev–Trinajstić information content (AvgIpc) is 2.13. The van der Waals surface area contributed by atoms with Crippen LogP contribution in [0, 0.1) is 0 Å². The van der Waals surface area contributed by atoms with Crippen molar-refractivity contribution in [2.75, 3.05) is 7.11 Å². The van der Waals surface area contributed by atoms with Crippen LogP contribution >= 0.6 is 23.2 Å². The van der Waals surface area contributed by atoms with E-state index in [2.05, 4.69) is 4.74 Å². The Kier molecular flexibility index (Phi) is 3.55. The second-order valence-corrected chi connectivity index (χ2v) is 3.36. The first-order chi connectivity index (χ1) is 6.54. The number of aromatic nitrogens is 1. The number of rotatable bonds is 2. The maximum absolute atomic E-state index is 11.3. The van der Waals surface area contributed by atoms with Gasteiger partial charge in [-0.15, -0.1) is 0 Å². The molecule has 0 saturated carbocycles. The third-order valence-corrected chi connectivity index (χ3v) is 2.01. The quantitative estimate of drug-likeness (QED) is 0.727. The molecule has 0 radical (unpaired) electrons. The lowest BCUT2D eigenvalue weighted by atomic mass is 10.4. The van der Waals surface area contributed by atoms with E-state index < -0.39 is 11.5 Å². The fourth-order valence-electron chi connectivity index (χ4n) is 0.886. The summed E-state index contributed by atoms with van der Waals surface area (Å²) < 4.78 is 5.50. The molecule has 76 valence electrons. The predicted molar refractivity (Wildman–Crippen MR) is 52.7 cm³/mol. The Morgan fingerprint density at radius 2 is 2.21 bits per heavy atom. The van der Waals surface area contributed by atoms with Gasteiger partial charge in [0.2, 0.25) is 0 Å².